The van der Waals surface area contributed by atoms with Crippen molar-refractivity contribution >= 4 is 10.8 Å². The van der Waals surface area contributed by atoms with Crippen molar-refractivity contribution in [2.75, 3.05) is 0 Å². The van der Waals surface area contributed by atoms with Crippen LogP contribution in [0.4, 0.5) is 0 Å². The zero-order chi connectivity index (χ0) is 12.0. The van der Waals surface area contributed by atoms with Crippen LogP contribution >= 0.6 is 0 Å². The maximum atomic E-state index is 4.53. The maximum absolute atomic E-state index is 4.53. The molecule has 0 saturated heterocycles. The van der Waals surface area contributed by atoms with E-state index in [9.17, 15) is 0 Å². The van der Waals surface area contributed by atoms with Crippen molar-refractivity contribution in [3.05, 3.63) is 35.9 Å². The molecule has 0 amide bonds. The van der Waals surface area contributed by atoms with Crippen LogP contribution in [0.15, 0.2) is 24.7 Å². The van der Waals surface area contributed by atoms with Crippen LogP contribution in [0.3, 0.4) is 0 Å². The van der Waals surface area contributed by atoms with Crippen molar-refractivity contribution in [1.29, 1.82) is 0 Å². The van der Waals surface area contributed by atoms with E-state index in [-0.39, 0.29) is 5.41 Å². The van der Waals surface area contributed by atoms with Gasteiger partial charge < -0.3 is 0 Å². The fraction of sp³-hybridized carbons (Fsp3) is 0.467. The molecule has 1 atom stereocenters. The molecule has 2 aromatic heterocycles. The van der Waals surface area contributed by atoms with Crippen LogP contribution < -0.4 is 0 Å². The number of hydrogen-bond acceptors (Lipinski definition) is 2. The maximum Gasteiger partial charge on any atom is 0.0486 e. The third-order valence-corrected chi connectivity index (χ3v) is 4.52. The van der Waals surface area contributed by atoms with Gasteiger partial charge in [0.05, 0.1) is 0 Å². The molecule has 3 rings (SSSR count). The molecule has 2 nitrogen and oxygen atoms in total. The van der Waals surface area contributed by atoms with Gasteiger partial charge in [-0.1, -0.05) is 20.8 Å². The van der Waals surface area contributed by atoms with Crippen LogP contribution in [-0.2, 0) is 11.8 Å². The summed E-state index contributed by atoms with van der Waals surface area (Å²) in [6.45, 7) is 6.98. The van der Waals surface area contributed by atoms with Gasteiger partial charge in [0.1, 0.15) is 0 Å². The summed E-state index contributed by atoms with van der Waals surface area (Å²) < 4.78 is 0. The average molecular weight is 226 g/mol. The summed E-state index contributed by atoms with van der Waals surface area (Å²) in [5.74, 6) is 0.628. The Labute approximate surface area is 102 Å². The highest BCUT2D eigenvalue weighted by Crippen LogP contribution is 2.43. The van der Waals surface area contributed by atoms with E-state index in [1.54, 1.807) is 0 Å². The Morgan fingerprint density at radius 1 is 1.29 bits per heavy atom. The number of aromatic nitrogens is 2. The normalized spacial score (nSPS) is 23.3. The Morgan fingerprint density at radius 2 is 2.12 bits per heavy atom. The number of nitrogens with zero attached hydrogens (tertiary/aromatic N) is 2. The molecular weight excluding hydrogens is 208 g/mol. The summed E-state index contributed by atoms with van der Waals surface area (Å²) in [6.07, 6.45) is 8.17. The van der Waals surface area contributed by atoms with E-state index >= 15 is 0 Å². The Hall–Kier alpha value is -1.44. The first-order valence-corrected chi connectivity index (χ1v) is 6.35. The molecule has 1 aliphatic rings. The molecule has 0 N–H and O–H groups in total. The fourth-order valence-electron chi connectivity index (χ4n) is 2.93. The third-order valence-electron chi connectivity index (χ3n) is 4.52. The summed E-state index contributed by atoms with van der Waals surface area (Å²) in [6, 6.07) is 2.07. The SMILES string of the molecule is CC(C)C1(C)CCc2nccc3cncc1c23. The van der Waals surface area contributed by atoms with E-state index in [1.807, 2.05) is 18.6 Å². The molecule has 0 radical (unpaired) electrons. The van der Waals surface area contributed by atoms with Gasteiger partial charge >= 0.3 is 0 Å². The molecule has 2 heteroatoms. The van der Waals surface area contributed by atoms with Gasteiger partial charge in [-0.15, -0.1) is 0 Å². The summed E-state index contributed by atoms with van der Waals surface area (Å²) in [5.41, 5.74) is 2.88. The minimum Gasteiger partial charge on any atom is -0.264 e. The first kappa shape index (κ1) is 10.7. The second-order valence-electron chi connectivity index (χ2n) is 5.61. The van der Waals surface area contributed by atoms with E-state index in [2.05, 4.69) is 36.8 Å². The molecule has 17 heavy (non-hydrogen) atoms. The van der Waals surface area contributed by atoms with E-state index in [0.717, 1.165) is 6.42 Å². The lowest BCUT2D eigenvalue weighted by molar-refractivity contribution is 0.309. The van der Waals surface area contributed by atoms with Crippen molar-refractivity contribution < 1.29 is 0 Å². The van der Waals surface area contributed by atoms with Gasteiger partial charge in [0, 0.05) is 35.1 Å². The highest BCUT2D eigenvalue weighted by Gasteiger charge is 2.35. The minimum absolute atomic E-state index is 0.239. The quantitative estimate of drug-likeness (QED) is 0.744. The smallest absolute Gasteiger partial charge is 0.0486 e. The van der Waals surface area contributed by atoms with Crippen molar-refractivity contribution in [3.8, 4) is 0 Å². The molecule has 0 bridgehead atoms. The topological polar surface area (TPSA) is 25.8 Å². The zero-order valence-electron chi connectivity index (χ0n) is 10.7. The van der Waals surface area contributed by atoms with Crippen molar-refractivity contribution in [3.63, 3.8) is 0 Å². The molecule has 88 valence electrons. The van der Waals surface area contributed by atoms with Gasteiger partial charge in [-0.3, -0.25) is 9.97 Å². The van der Waals surface area contributed by atoms with Crippen LogP contribution in [0.2, 0.25) is 0 Å². The molecule has 1 aliphatic carbocycles. The standard InChI is InChI=1S/C15H18N2/c1-10(2)15(3)6-4-13-14-11(5-7-17-13)8-16-9-12(14)15/h5,7-10H,4,6H2,1-3H3. The molecule has 0 aromatic carbocycles. The Morgan fingerprint density at radius 3 is 2.88 bits per heavy atom. The Balaban J connectivity index is 2.37. The summed E-state index contributed by atoms with van der Waals surface area (Å²) in [5, 5.41) is 2.59. The lowest BCUT2D eigenvalue weighted by Crippen LogP contribution is -2.32. The van der Waals surface area contributed by atoms with E-state index in [0.29, 0.717) is 5.92 Å². The lowest BCUT2D eigenvalue weighted by atomic mass is 9.66. The predicted octanol–water partition coefficient (Wildman–Crippen LogP) is 3.49. The highest BCUT2D eigenvalue weighted by molar-refractivity contribution is 5.88. The summed E-state index contributed by atoms with van der Waals surface area (Å²) >= 11 is 0. The van der Waals surface area contributed by atoms with Crippen molar-refractivity contribution in [1.82, 2.24) is 9.97 Å². The number of pyridine rings is 2. The van der Waals surface area contributed by atoms with Crippen LogP contribution in [0, 0.1) is 5.92 Å². The molecule has 1 unspecified atom stereocenters. The second kappa shape index (κ2) is 3.52. The van der Waals surface area contributed by atoms with E-state index in [1.165, 1.54) is 28.5 Å². The zero-order valence-corrected chi connectivity index (χ0v) is 10.7. The highest BCUT2D eigenvalue weighted by atomic mass is 14.7. The van der Waals surface area contributed by atoms with Gasteiger partial charge in [0.15, 0.2) is 0 Å². The van der Waals surface area contributed by atoms with Crippen molar-refractivity contribution in [2.24, 2.45) is 5.92 Å². The molecule has 0 saturated carbocycles. The third kappa shape index (κ3) is 1.40. The van der Waals surface area contributed by atoms with Crippen LogP contribution in [0.1, 0.15) is 38.4 Å². The minimum atomic E-state index is 0.239. The molecule has 2 aromatic rings. The van der Waals surface area contributed by atoms with Gasteiger partial charge in [-0.2, -0.15) is 0 Å². The molecule has 0 fully saturated rings. The number of rotatable bonds is 1. The monoisotopic (exact) mass is 226 g/mol. The van der Waals surface area contributed by atoms with Gasteiger partial charge in [-0.25, -0.2) is 0 Å². The van der Waals surface area contributed by atoms with Crippen LogP contribution in [0.25, 0.3) is 10.8 Å². The lowest BCUT2D eigenvalue weighted by Gasteiger charge is -2.38. The number of hydrogen-bond donors (Lipinski definition) is 0. The summed E-state index contributed by atoms with van der Waals surface area (Å²) in [7, 11) is 0. The average Bonchev–Trinajstić information content (AvgIpc) is 2.34. The Kier molecular flexibility index (Phi) is 2.22. The van der Waals surface area contributed by atoms with E-state index in [4.69, 9.17) is 0 Å². The molecule has 0 aliphatic heterocycles. The van der Waals surface area contributed by atoms with Gasteiger partial charge in [-0.05, 0) is 35.8 Å². The fourth-order valence-corrected chi connectivity index (χ4v) is 2.93. The molecule has 2 heterocycles. The van der Waals surface area contributed by atoms with E-state index < -0.39 is 0 Å². The first-order chi connectivity index (χ1) is 8.13. The molecule has 0 spiro atoms. The van der Waals surface area contributed by atoms with Gasteiger partial charge in [0.25, 0.3) is 0 Å². The van der Waals surface area contributed by atoms with Crippen LogP contribution in [0.5, 0.6) is 0 Å². The van der Waals surface area contributed by atoms with Gasteiger partial charge in [0.2, 0.25) is 0 Å². The first-order valence-electron chi connectivity index (χ1n) is 6.35. The second-order valence-corrected chi connectivity index (χ2v) is 5.61. The van der Waals surface area contributed by atoms with Crippen LogP contribution in [-0.4, -0.2) is 9.97 Å². The molecular formula is C15H18N2. The predicted molar refractivity (Wildman–Crippen MR) is 70.0 cm³/mol. The number of aryl methyl sites for hydroxylation is 1. The largest absolute Gasteiger partial charge is 0.264 e. The Bertz CT molecular complexity index is 569. The summed E-state index contributed by atoms with van der Waals surface area (Å²) in [4.78, 5) is 8.94. The van der Waals surface area contributed by atoms with Crippen molar-refractivity contribution in [2.45, 2.75) is 39.0 Å².